The maximum Gasteiger partial charge on any atom is 0.185 e. The van der Waals surface area contributed by atoms with E-state index in [0.29, 0.717) is 22.6 Å². The van der Waals surface area contributed by atoms with Crippen molar-refractivity contribution >= 4 is 28.2 Å². The lowest BCUT2D eigenvalue weighted by Gasteiger charge is -2.16. The number of thiophene rings is 1. The summed E-state index contributed by atoms with van der Waals surface area (Å²) >= 11 is 2.35. The van der Waals surface area contributed by atoms with Crippen LogP contribution in [-0.4, -0.2) is 27.2 Å². The fourth-order valence-corrected chi connectivity index (χ4v) is 2.64. The number of aliphatic hydroxyl groups is 2. The molecule has 4 nitrogen and oxygen atoms in total. The summed E-state index contributed by atoms with van der Waals surface area (Å²) in [6, 6.07) is 3.54. The van der Waals surface area contributed by atoms with Crippen molar-refractivity contribution in [2.24, 2.45) is 0 Å². The highest BCUT2D eigenvalue weighted by Gasteiger charge is 2.19. The Labute approximate surface area is 108 Å². The Bertz CT molecular complexity index is 425. The third kappa shape index (κ3) is 4.48. The van der Waals surface area contributed by atoms with Crippen LogP contribution < -0.4 is 0 Å². The van der Waals surface area contributed by atoms with Gasteiger partial charge in [0, 0.05) is 12.7 Å². The van der Waals surface area contributed by atoms with Crippen LogP contribution in [0.4, 0.5) is 0 Å². The zero-order valence-corrected chi connectivity index (χ0v) is 10.9. The second kappa shape index (κ2) is 6.77. The number of rotatable bonds is 5. The normalized spacial score (nSPS) is 14.0. The average molecular weight is 271 g/mol. The number of nitriles is 1. The molecule has 0 fully saturated rings. The zero-order chi connectivity index (χ0) is 12.8. The Morgan fingerprint density at radius 2 is 2.35 bits per heavy atom. The smallest absolute Gasteiger partial charge is 0.185 e. The Kier molecular flexibility index (Phi) is 5.65. The van der Waals surface area contributed by atoms with Crippen molar-refractivity contribution in [2.45, 2.75) is 25.6 Å². The highest BCUT2D eigenvalue weighted by molar-refractivity contribution is 8.13. The number of hydrogen-bond donors (Lipinski definition) is 2. The van der Waals surface area contributed by atoms with Crippen LogP contribution in [0.15, 0.2) is 11.4 Å². The molecule has 0 saturated heterocycles. The topological polar surface area (TPSA) is 81.3 Å². The van der Waals surface area contributed by atoms with E-state index in [2.05, 4.69) is 0 Å². The van der Waals surface area contributed by atoms with Gasteiger partial charge in [0.05, 0.1) is 6.10 Å². The number of aliphatic hydroxyl groups excluding tert-OH is 2. The second-order valence-corrected chi connectivity index (χ2v) is 5.68. The summed E-state index contributed by atoms with van der Waals surface area (Å²) in [5, 5.41) is 29.8. The van der Waals surface area contributed by atoms with E-state index < -0.39 is 12.2 Å². The van der Waals surface area contributed by atoms with Crippen LogP contribution in [0.3, 0.4) is 0 Å². The first-order valence-corrected chi connectivity index (χ1v) is 6.89. The van der Waals surface area contributed by atoms with Gasteiger partial charge in [0.15, 0.2) is 5.12 Å². The van der Waals surface area contributed by atoms with Crippen molar-refractivity contribution in [2.75, 3.05) is 5.75 Å². The van der Waals surface area contributed by atoms with Crippen LogP contribution >= 0.6 is 23.1 Å². The van der Waals surface area contributed by atoms with Gasteiger partial charge in [-0.15, -0.1) is 11.3 Å². The van der Waals surface area contributed by atoms with Crippen molar-refractivity contribution in [1.29, 1.82) is 5.26 Å². The number of carbonyl (C=O) groups excluding carboxylic acids is 1. The van der Waals surface area contributed by atoms with Crippen LogP contribution in [0, 0.1) is 11.3 Å². The molecule has 2 atom stereocenters. The van der Waals surface area contributed by atoms with E-state index in [-0.39, 0.29) is 5.12 Å². The largest absolute Gasteiger partial charge is 0.390 e. The first-order chi connectivity index (χ1) is 8.04. The van der Waals surface area contributed by atoms with Gasteiger partial charge in [-0.05, 0) is 23.4 Å². The molecule has 1 heterocycles. The summed E-state index contributed by atoms with van der Waals surface area (Å²) in [5.41, 5.74) is 0.548. The first-order valence-electron chi connectivity index (χ1n) is 5.02. The van der Waals surface area contributed by atoms with Crippen LogP contribution in [0.25, 0.3) is 0 Å². The highest BCUT2D eigenvalue weighted by atomic mass is 32.2. The molecule has 0 saturated carbocycles. The molecule has 0 spiro atoms. The predicted molar refractivity (Wildman–Crippen MR) is 67.8 cm³/mol. The summed E-state index contributed by atoms with van der Waals surface area (Å²) in [7, 11) is 0. The molecule has 0 aliphatic heterocycles. The minimum atomic E-state index is -0.999. The summed E-state index contributed by atoms with van der Waals surface area (Å²) in [6.07, 6.45) is -1.58. The average Bonchev–Trinajstić information content (AvgIpc) is 2.75. The third-order valence-electron chi connectivity index (χ3n) is 2.15. The molecule has 1 rings (SSSR count). The third-order valence-corrected chi connectivity index (χ3v) is 3.85. The van der Waals surface area contributed by atoms with Crippen molar-refractivity contribution in [3.63, 3.8) is 0 Å². The summed E-state index contributed by atoms with van der Waals surface area (Å²) in [4.78, 5) is 11.2. The SMILES string of the molecule is CC(=O)SCCC(O)C(O)c1csc(C#N)c1. The van der Waals surface area contributed by atoms with Crippen LogP contribution in [0.1, 0.15) is 29.9 Å². The van der Waals surface area contributed by atoms with Crippen LogP contribution in [-0.2, 0) is 4.79 Å². The van der Waals surface area contributed by atoms with E-state index in [1.807, 2.05) is 6.07 Å². The van der Waals surface area contributed by atoms with E-state index in [9.17, 15) is 15.0 Å². The molecular weight excluding hydrogens is 258 g/mol. The standard InChI is InChI=1S/C11H13NO3S2/c1-7(13)16-3-2-10(14)11(15)8-4-9(5-12)17-6-8/h4,6,10-11,14-15H,2-3H2,1H3. The van der Waals surface area contributed by atoms with Gasteiger partial charge in [-0.25, -0.2) is 0 Å². The Hall–Kier alpha value is -0.870. The van der Waals surface area contributed by atoms with E-state index in [1.54, 1.807) is 11.4 Å². The summed E-state index contributed by atoms with van der Waals surface area (Å²) in [5.74, 6) is 0.475. The number of hydrogen-bond acceptors (Lipinski definition) is 6. The van der Waals surface area contributed by atoms with Gasteiger partial charge in [0.2, 0.25) is 0 Å². The lowest BCUT2D eigenvalue weighted by atomic mass is 10.1. The number of thioether (sulfide) groups is 1. The molecule has 0 aromatic carbocycles. The molecule has 0 aliphatic carbocycles. The fraction of sp³-hybridized carbons (Fsp3) is 0.455. The molecule has 2 unspecified atom stereocenters. The quantitative estimate of drug-likeness (QED) is 0.851. The van der Waals surface area contributed by atoms with Crippen molar-refractivity contribution in [3.05, 3.63) is 21.9 Å². The molecule has 0 bridgehead atoms. The summed E-state index contributed by atoms with van der Waals surface area (Å²) < 4.78 is 0. The molecule has 1 aromatic rings. The molecule has 0 amide bonds. The minimum absolute atomic E-state index is 0.00556. The Morgan fingerprint density at radius 1 is 1.65 bits per heavy atom. The molecule has 0 aliphatic rings. The predicted octanol–water partition coefficient (Wildman–Crippen LogP) is 1.68. The van der Waals surface area contributed by atoms with Crippen LogP contribution in [0.5, 0.6) is 0 Å². The van der Waals surface area contributed by atoms with Gasteiger partial charge in [-0.2, -0.15) is 5.26 Å². The minimum Gasteiger partial charge on any atom is -0.390 e. The molecule has 17 heavy (non-hydrogen) atoms. The Balaban J connectivity index is 2.48. The summed E-state index contributed by atoms with van der Waals surface area (Å²) in [6.45, 7) is 1.46. The maximum absolute atomic E-state index is 10.7. The first kappa shape index (κ1) is 14.2. The van der Waals surface area contributed by atoms with Gasteiger partial charge in [-0.3, -0.25) is 4.79 Å². The van der Waals surface area contributed by atoms with E-state index in [4.69, 9.17) is 5.26 Å². The lowest BCUT2D eigenvalue weighted by Crippen LogP contribution is -2.18. The maximum atomic E-state index is 10.7. The van der Waals surface area contributed by atoms with Crippen LogP contribution in [0.2, 0.25) is 0 Å². The molecule has 92 valence electrons. The zero-order valence-electron chi connectivity index (χ0n) is 9.29. The van der Waals surface area contributed by atoms with Crippen molar-refractivity contribution in [3.8, 4) is 6.07 Å². The highest BCUT2D eigenvalue weighted by Crippen LogP contribution is 2.24. The van der Waals surface area contributed by atoms with Gasteiger partial charge in [0.25, 0.3) is 0 Å². The van der Waals surface area contributed by atoms with Gasteiger partial charge in [-0.1, -0.05) is 11.8 Å². The number of carbonyl (C=O) groups is 1. The molecular formula is C11H13NO3S2. The van der Waals surface area contributed by atoms with Crippen molar-refractivity contribution in [1.82, 2.24) is 0 Å². The van der Waals surface area contributed by atoms with Crippen molar-refractivity contribution < 1.29 is 15.0 Å². The second-order valence-electron chi connectivity index (χ2n) is 3.50. The van der Waals surface area contributed by atoms with E-state index in [0.717, 1.165) is 11.8 Å². The van der Waals surface area contributed by atoms with Gasteiger partial charge >= 0.3 is 0 Å². The molecule has 6 heteroatoms. The Morgan fingerprint density at radius 3 is 2.88 bits per heavy atom. The monoisotopic (exact) mass is 271 g/mol. The van der Waals surface area contributed by atoms with E-state index in [1.165, 1.54) is 18.3 Å². The fourth-order valence-electron chi connectivity index (χ4n) is 1.27. The molecule has 1 aromatic heterocycles. The molecule has 0 radical (unpaired) electrons. The van der Waals surface area contributed by atoms with Gasteiger partial charge < -0.3 is 10.2 Å². The van der Waals surface area contributed by atoms with Gasteiger partial charge in [0.1, 0.15) is 17.1 Å². The lowest BCUT2D eigenvalue weighted by molar-refractivity contribution is -0.109. The number of nitrogens with zero attached hydrogens (tertiary/aromatic N) is 1. The van der Waals surface area contributed by atoms with E-state index >= 15 is 0 Å². The molecule has 2 N–H and O–H groups in total.